The third kappa shape index (κ3) is 2.73. The van der Waals surface area contributed by atoms with E-state index in [2.05, 4.69) is 31.2 Å². The summed E-state index contributed by atoms with van der Waals surface area (Å²) in [5, 5.41) is 0. The maximum Gasteiger partial charge on any atom is 0.324 e. The van der Waals surface area contributed by atoms with Gasteiger partial charge in [-0.2, -0.15) is 15.0 Å². The first-order valence-corrected chi connectivity index (χ1v) is 5.37. The summed E-state index contributed by atoms with van der Waals surface area (Å²) in [5.74, 6) is 8.49. The van der Waals surface area contributed by atoms with Gasteiger partial charge in [0.2, 0.25) is 11.9 Å². The molecule has 7 nitrogen and oxygen atoms in total. The molecular weight excluding hydrogens is 220 g/mol. The normalized spacial score (nSPS) is 14.5. The van der Waals surface area contributed by atoms with E-state index < -0.39 is 0 Å². The van der Waals surface area contributed by atoms with Crippen LogP contribution in [0.15, 0.2) is 0 Å². The second-order valence-electron chi connectivity index (χ2n) is 3.57. The van der Waals surface area contributed by atoms with Gasteiger partial charge in [0.1, 0.15) is 0 Å². The number of nitrogen functional groups attached to an aromatic ring is 1. The quantitative estimate of drug-likeness (QED) is 0.422. The minimum atomic E-state index is 0.119. The van der Waals surface area contributed by atoms with Crippen molar-refractivity contribution in [3.05, 3.63) is 0 Å². The van der Waals surface area contributed by atoms with Gasteiger partial charge in [0, 0.05) is 13.1 Å². The van der Waals surface area contributed by atoms with Crippen molar-refractivity contribution in [2.75, 3.05) is 30.0 Å². The van der Waals surface area contributed by atoms with Crippen LogP contribution < -0.4 is 20.9 Å². The molecule has 1 aromatic rings. The van der Waals surface area contributed by atoms with Gasteiger partial charge in [-0.1, -0.05) is 5.92 Å². The summed E-state index contributed by atoms with van der Waals surface area (Å²) in [6.45, 7) is 1.98. The van der Waals surface area contributed by atoms with E-state index in [0.29, 0.717) is 5.95 Å². The molecule has 2 rings (SSSR count). The Kier molecular flexibility index (Phi) is 3.57. The number of hydrazine groups is 1. The minimum absolute atomic E-state index is 0.119. The van der Waals surface area contributed by atoms with Crippen LogP contribution in [0.4, 0.5) is 11.9 Å². The lowest BCUT2D eigenvalue weighted by atomic mass is 10.4. The van der Waals surface area contributed by atoms with E-state index in [1.165, 1.54) is 0 Å². The van der Waals surface area contributed by atoms with Crippen LogP contribution in [-0.2, 0) is 0 Å². The van der Waals surface area contributed by atoms with Gasteiger partial charge >= 0.3 is 6.01 Å². The third-order valence-corrected chi connectivity index (χ3v) is 2.41. The molecule has 17 heavy (non-hydrogen) atoms. The standard InChI is InChI=1S/C10H14N6O/c1-2-7-17-10-13-8(15-11)12-9(14-10)16-5-3-4-6-16/h1H,3-7,11H2,(H,12,13,14,15). The summed E-state index contributed by atoms with van der Waals surface area (Å²) in [6.07, 6.45) is 7.38. The first-order chi connectivity index (χ1) is 8.33. The van der Waals surface area contributed by atoms with Gasteiger partial charge in [0.15, 0.2) is 6.61 Å². The predicted molar refractivity (Wildman–Crippen MR) is 63.4 cm³/mol. The topological polar surface area (TPSA) is 89.2 Å². The van der Waals surface area contributed by atoms with Crippen LogP contribution in [0, 0.1) is 12.3 Å². The zero-order valence-corrected chi connectivity index (χ0v) is 9.39. The molecule has 0 saturated carbocycles. The molecule has 1 fully saturated rings. The van der Waals surface area contributed by atoms with Gasteiger partial charge in [0.05, 0.1) is 0 Å². The zero-order chi connectivity index (χ0) is 12.1. The molecule has 0 spiro atoms. The Hall–Kier alpha value is -2.07. The highest BCUT2D eigenvalue weighted by atomic mass is 16.5. The SMILES string of the molecule is C#CCOc1nc(NN)nc(N2CCCC2)n1. The van der Waals surface area contributed by atoms with Crippen molar-refractivity contribution in [2.45, 2.75) is 12.8 Å². The van der Waals surface area contributed by atoms with Crippen LogP contribution in [0.3, 0.4) is 0 Å². The summed E-state index contributed by atoms with van der Waals surface area (Å²) >= 11 is 0. The summed E-state index contributed by atoms with van der Waals surface area (Å²) < 4.78 is 5.18. The molecule has 90 valence electrons. The highest BCUT2D eigenvalue weighted by molar-refractivity contribution is 5.38. The molecule has 0 aromatic carbocycles. The molecule has 2 heterocycles. The molecule has 7 heteroatoms. The van der Waals surface area contributed by atoms with E-state index in [1.807, 2.05) is 0 Å². The van der Waals surface area contributed by atoms with Crippen LogP contribution in [0.2, 0.25) is 0 Å². The molecule has 1 aliphatic rings. The summed E-state index contributed by atoms with van der Waals surface area (Å²) in [4.78, 5) is 14.4. The largest absolute Gasteiger partial charge is 0.450 e. The number of nitrogens with two attached hydrogens (primary N) is 1. The van der Waals surface area contributed by atoms with E-state index >= 15 is 0 Å². The molecule has 0 unspecified atom stereocenters. The smallest absolute Gasteiger partial charge is 0.324 e. The van der Waals surface area contributed by atoms with Crippen molar-refractivity contribution in [2.24, 2.45) is 5.84 Å². The van der Waals surface area contributed by atoms with Gasteiger partial charge in [-0.3, -0.25) is 5.43 Å². The Bertz CT molecular complexity index is 423. The fourth-order valence-corrected chi connectivity index (χ4v) is 1.64. The monoisotopic (exact) mass is 234 g/mol. The Labute approximate surface area is 99.4 Å². The van der Waals surface area contributed by atoms with E-state index in [4.69, 9.17) is 17.0 Å². The van der Waals surface area contributed by atoms with E-state index in [1.54, 1.807) is 0 Å². The van der Waals surface area contributed by atoms with Crippen molar-refractivity contribution in [3.8, 4) is 18.4 Å². The first-order valence-electron chi connectivity index (χ1n) is 5.37. The molecular formula is C10H14N6O. The molecule has 0 radical (unpaired) electrons. The molecule has 1 saturated heterocycles. The number of hydrogen-bond donors (Lipinski definition) is 2. The Morgan fingerprint density at radius 1 is 1.35 bits per heavy atom. The van der Waals surface area contributed by atoms with Gasteiger partial charge in [-0.25, -0.2) is 5.84 Å². The highest BCUT2D eigenvalue weighted by Crippen LogP contribution is 2.18. The van der Waals surface area contributed by atoms with E-state index in [-0.39, 0.29) is 18.6 Å². The van der Waals surface area contributed by atoms with Crippen molar-refractivity contribution in [3.63, 3.8) is 0 Å². The summed E-state index contributed by atoms with van der Waals surface area (Å²) in [7, 11) is 0. The zero-order valence-electron chi connectivity index (χ0n) is 9.39. The third-order valence-electron chi connectivity index (χ3n) is 2.41. The summed E-state index contributed by atoms with van der Waals surface area (Å²) in [6, 6.07) is 0.188. The van der Waals surface area contributed by atoms with Gasteiger partial charge < -0.3 is 9.64 Å². The summed E-state index contributed by atoms with van der Waals surface area (Å²) in [5.41, 5.74) is 2.39. The molecule has 0 bridgehead atoms. The Balaban J connectivity index is 2.21. The van der Waals surface area contributed by atoms with Crippen molar-refractivity contribution in [1.82, 2.24) is 15.0 Å². The second-order valence-corrected chi connectivity index (χ2v) is 3.57. The second kappa shape index (κ2) is 5.32. The molecule has 0 aliphatic carbocycles. The average Bonchev–Trinajstić information content (AvgIpc) is 2.89. The predicted octanol–water partition coefficient (Wildman–Crippen LogP) is -0.231. The molecule has 0 atom stereocenters. The number of terminal acetylenes is 1. The van der Waals surface area contributed by atoms with Crippen LogP contribution in [-0.4, -0.2) is 34.6 Å². The maximum atomic E-state index is 5.30. The molecule has 1 aliphatic heterocycles. The van der Waals surface area contributed by atoms with E-state index in [0.717, 1.165) is 25.9 Å². The maximum absolute atomic E-state index is 5.30. The van der Waals surface area contributed by atoms with Gasteiger partial charge in [-0.15, -0.1) is 6.42 Å². The Morgan fingerprint density at radius 3 is 2.76 bits per heavy atom. The lowest BCUT2D eigenvalue weighted by Gasteiger charge is -2.15. The number of aromatic nitrogens is 3. The fourth-order valence-electron chi connectivity index (χ4n) is 1.64. The molecule has 0 amide bonds. The van der Waals surface area contributed by atoms with Crippen LogP contribution in [0.5, 0.6) is 6.01 Å². The number of rotatable bonds is 4. The van der Waals surface area contributed by atoms with E-state index in [9.17, 15) is 0 Å². The van der Waals surface area contributed by atoms with Crippen LogP contribution in [0.25, 0.3) is 0 Å². The number of anilines is 2. The minimum Gasteiger partial charge on any atom is -0.450 e. The van der Waals surface area contributed by atoms with Gasteiger partial charge in [-0.05, 0) is 12.8 Å². The van der Waals surface area contributed by atoms with Gasteiger partial charge in [0.25, 0.3) is 0 Å². The number of nitrogens with zero attached hydrogens (tertiary/aromatic N) is 4. The van der Waals surface area contributed by atoms with Crippen molar-refractivity contribution >= 4 is 11.9 Å². The number of ether oxygens (including phenoxy) is 1. The first kappa shape index (κ1) is 11.4. The lowest BCUT2D eigenvalue weighted by Crippen LogP contribution is -2.22. The Morgan fingerprint density at radius 2 is 2.12 bits per heavy atom. The van der Waals surface area contributed by atoms with Crippen molar-refractivity contribution in [1.29, 1.82) is 0 Å². The number of nitrogens with one attached hydrogen (secondary N) is 1. The molecule has 3 N–H and O–H groups in total. The van der Waals surface area contributed by atoms with Crippen molar-refractivity contribution < 1.29 is 4.74 Å². The molecule has 1 aromatic heterocycles. The number of hydrogen-bond acceptors (Lipinski definition) is 7. The average molecular weight is 234 g/mol. The lowest BCUT2D eigenvalue weighted by molar-refractivity contribution is 0.339. The van der Waals surface area contributed by atoms with Crippen LogP contribution in [0.1, 0.15) is 12.8 Å². The van der Waals surface area contributed by atoms with Crippen LogP contribution >= 0.6 is 0 Å². The fraction of sp³-hybridized carbons (Fsp3) is 0.500. The highest BCUT2D eigenvalue weighted by Gasteiger charge is 2.17.